The smallest absolute Gasteiger partial charge is 0.339 e. The molecule has 8 nitrogen and oxygen atoms in total. The topological polar surface area (TPSA) is 127 Å². The molecule has 0 bridgehead atoms. The van der Waals surface area contributed by atoms with Crippen molar-refractivity contribution < 1.29 is 35.4 Å². The molecule has 5 aromatic rings. The molecule has 0 aliphatic carbocycles. The van der Waals surface area contributed by atoms with Crippen molar-refractivity contribution in [3.05, 3.63) is 96.1 Å². The molecule has 0 unspecified atom stereocenters. The van der Waals surface area contributed by atoms with Crippen LogP contribution in [0.3, 0.4) is 0 Å². The van der Waals surface area contributed by atoms with Crippen LogP contribution in [0.2, 0.25) is 0 Å². The summed E-state index contributed by atoms with van der Waals surface area (Å²) < 4.78 is 61.4. The molecule has 0 saturated heterocycles. The van der Waals surface area contributed by atoms with Crippen LogP contribution in [-0.4, -0.2) is 27.0 Å². The van der Waals surface area contributed by atoms with Crippen LogP contribution in [0, 0.1) is 13.8 Å². The van der Waals surface area contributed by atoms with Gasteiger partial charge in [-0.15, -0.1) is 0 Å². The molecule has 10 heteroatoms. The number of rotatable bonds is 6. The minimum atomic E-state index is -4.16. The van der Waals surface area contributed by atoms with Crippen molar-refractivity contribution >= 4 is 41.8 Å². The van der Waals surface area contributed by atoms with Crippen molar-refractivity contribution in [3.63, 3.8) is 0 Å². The fraction of sp³-hybridized carbons (Fsp3) is 0.0714. The lowest BCUT2D eigenvalue weighted by Crippen LogP contribution is -2.09. The van der Waals surface area contributed by atoms with Gasteiger partial charge in [-0.2, -0.15) is 16.8 Å². The van der Waals surface area contributed by atoms with E-state index in [2.05, 4.69) is 0 Å². The lowest BCUT2D eigenvalue weighted by molar-refractivity contribution is 0.464. The van der Waals surface area contributed by atoms with E-state index in [9.17, 15) is 27.0 Å². The molecule has 0 aliphatic heterocycles. The Balaban J connectivity index is 1.43. The standard InChI is InChI=1S/C28H22O8S2/c1-17-3-9-25(15-27(17)29)37(31,32)35-23-7-5-19-12-22-14-24(8-6-20(22)11-21(19)13-23)36-38(33,34)26-10-4-18(2)28(30)16-26/h3-16,29-30H,1-2H3. The highest BCUT2D eigenvalue weighted by Crippen LogP contribution is 2.32. The Morgan fingerprint density at radius 2 is 0.895 bits per heavy atom. The number of benzene rings is 5. The van der Waals surface area contributed by atoms with Crippen LogP contribution in [0.4, 0.5) is 0 Å². The molecule has 0 fully saturated rings. The number of aryl methyl sites for hydroxylation is 2. The van der Waals surface area contributed by atoms with Gasteiger partial charge >= 0.3 is 20.2 Å². The summed E-state index contributed by atoms with van der Waals surface area (Å²) in [4.78, 5) is -0.329. The summed E-state index contributed by atoms with van der Waals surface area (Å²) in [6, 6.07) is 21.2. The van der Waals surface area contributed by atoms with E-state index < -0.39 is 20.2 Å². The summed E-state index contributed by atoms with van der Waals surface area (Å²) in [5.74, 6) is -0.0886. The molecule has 38 heavy (non-hydrogen) atoms. The average molecular weight is 551 g/mol. The van der Waals surface area contributed by atoms with Crippen molar-refractivity contribution in [1.29, 1.82) is 0 Å². The van der Waals surface area contributed by atoms with Gasteiger partial charge in [0.1, 0.15) is 32.8 Å². The number of fused-ring (bicyclic) bond motifs is 2. The number of aromatic hydroxyl groups is 2. The van der Waals surface area contributed by atoms with Crippen LogP contribution in [0.1, 0.15) is 11.1 Å². The SMILES string of the molecule is Cc1ccc(S(=O)(=O)Oc2ccc3cc4cc(OS(=O)(=O)c5ccc(C)c(O)c5)ccc4cc3c2)cc1O. The Hall–Kier alpha value is -4.28. The lowest BCUT2D eigenvalue weighted by atomic mass is 10.0. The first-order valence-electron chi connectivity index (χ1n) is 11.4. The van der Waals surface area contributed by atoms with Gasteiger partial charge in [0.2, 0.25) is 0 Å². The molecule has 0 aliphatic rings. The highest BCUT2D eigenvalue weighted by Gasteiger charge is 2.20. The van der Waals surface area contributed by atoms with Gasteiger partial charge in [-0.05, 0) is 95.1 Å². The molecule has 5 rings (SSSR count). The Labute approximate surface area is 219 Å². The van der Waals surface area contributed by atoms with Crippen molar-refractivity contribution in [1.82, 2.24) is 0 Å². The fourth-order valence-electron chi connectivity index (χ4n) is 3.90. The highest BCUT2D eigenvalue weighted by molar-refractivity contribution is 7.87. The molecule has 194 valence electrons. The van der Waals surface area contributed by atoms with E-state index in [-0.39, 0.29) is 32.8 Å². The van der Waals surface area contributed by atoms with Crippen molar-refractivity contribution in [3.8, 4) is 23.0 Å². The minimum absolute atomic E-state index is 0.101. The van der Waals surface area contributed by atoms with E-state index in [4.69, 9.17) is 8.37 Å². The molecular formula is C28H22O8S2. The number of hydrogen-bond donors (Lipinski definition) is 2. The zero-order valence-corrected chi connectivity index (χ0v) is 21.9. The Morgan fingerprint density at radius 3 is 1.26 bits per heavy atom. The van der Waals surface area contributed by atoms with Gasteiger partial charge in [0.05, 0.1) is 0 Å². The van der Waals surface area contributed by atoms with E-state index >= 15 is 0 Å². The van der Waals surface area contributed by atoms with E-state index in [0.29, 0.717) is 21.9 Å². The first-order chi connectivity index (χ1) is 17.9. The van der Waals surface area contributed by atoms with Gasteiger partial charge in [-0.3, -0.25) is 0 Å². The average Bonchev–Trinajstić information content (AvgIpc) is 2.85. The van der Waals surface area contributed by atoms with E-state index in [1.54, 1.807) is 38.1 Å². The third-order valence-electron chi connectivity index (χ3n) is 6.09. The van der Waals surface area contributed by atoms with Gasteiger partial charge in [0.15, 0.2) is 0 Å². The molecular weight excluding hydrogens is 528 g/mol. The van der Waals surface area contributed by atoms with Gasteiger partial charge in [0.25, 0.3) is 0 Å². The first-order valence-corrected chi connectivity index (χ1v) is 14.2. The van der Waals surface area contributed by atoms with Gasteiger partial charge in [-0.25, -0.2) is 0 Å². The summed E-state index contributed by atoms with van der Waals surface area (Å²) in [5, 5.41) is 22.6. The second kappa shape index (κ2) is 9.23. The van der Waals surface area contributed by atoms with Crippen LogP contribution in [0.5, 0.6) is 23.0 Å². The molecule has 0 radical (unpaired) electrons. The van der Waals surface area contributed by atoms with Crippen LogP contribution < -0.4 is 8.37 Å². The molecule has 2 N–H and O–H groups in total. The zero-order valence-electron chi connectivity index (χ0n) is 20.2. The second-order valence-electron chi connectivity index (χ2n) is 8.84. The van der Waals surface area contributed by atoms with Crippen LogP contribution in [0.15, 0.2) is 94.7 Å². The summed E-state index contributed by atoms with van der Waals surface area (Å²) in [7, 11) is -8.33. The molecule has 0 atom stereocenters. The fourth-order valence-corrected chi connectivity index (χ4v) is 5.78. The van der Waals surface area contributed by atoms with E-state index in [1.807, 2.05) is 12.1 Å². The van der Waals surface area contributed by atoms with Crippen molar-refractivity contribution in [2.24, 2.45) is 0 Å². The summed E-state index contributed by atoms with van der Waals surface area (Å²) in [6.07, 6.45) is 0. The summed E-state index contributed by atoms with van der Waals surface area (Å²) in [6.45, 7) is 3.31. The van der Waals surface area contributed by atoms with Crippen LogP contribution in [-0.2, 0) is 20.2 Å². The number of phenols is 2. The molecule has 5 aromatic carbocycles. The molecule has 0 heterocycles. The third kappa shape index (κ3) is 4.96. The second-order valence-corrected chi connectivity index (χ2v) is 11.9. The molecule has 0 aromatic heterocycles. The zero-order chi connectivity index (χ0) is 27.2. The normalized spacial score (nSPS) is 12.1. The molecule has 0 spiro atoms. The highest BCUT2D eigenvalue weighted by atomic mass is 32.2. The maximum absolute atomic E-state index is 12.7. The predicted octanol–water partition coefficient (Wildman–Crippen LogP) is 5.56. The lowest BCUT2D eigenvalue weighted by Gasteiger charge is -2.11. The van der Waals surface area contributed by atoms with E-state index in [0.717, 1.165) is 22.9 Å². The minimum Gasteiger partial charge on any atom is -0.508 e. The predicted molar refractivity (Wildman–Crippen MR) is 143 cm³/mol. The monoisotopic (exact) mass is 550 g/mol. The van der Waals surface area contributed by atoms with Gasteiger partial charge in [0, 0.05) is 12.1 Å². The number of phenolic OH excluding ortho intramolecular Hbond substituents is 2. The van der Waals surface area contributed by atoms with Crippen molar-refractivity contribution in [2.45, 2.75) is 23.6 Å². The largest absolute Gasteiger partial charge is 0.508 e. The third-order valence-corrected chi connectivity index (χ3v) is 8.58. The van der Waals surface area contributed by atoms with Gasteiger partial charge in [-0.1, -0.05) is 24.3 Å². The Kier molecular flexibility index (Phi) is 6.16. The van der Waals surface area contributed by atoms with E-state index in [1.165, 1.54) is 36.4 Å². The number of hydrogen-bond acceptors (Lipinski definition) is 8. The first kappa shape index (κ1) is 25.4. The van der Waals surface area contributed by atoms with Crippen molar-refractivity contribution in [2.75, 3.05) is 0 Å². The quantitative estimate of drug-likeness (QED) is 0.208. The van der Waals surface area contributed by atoms with Gasteiger partial charge < -0.3 is 18.6 Å². The van der Waals surface area contributed by atoms with Crippen LogP contribution in [0.25, 0.3) is 21.5 Å². The maximum atomic E-state index is 12.7. The molecule has 0 amide bonds. The maximum Gasteiger partial charge on any atom is 0.339 e. The Bertz CT molecular complexity index is 1800. The molecule has 0 saturated carbocycles. The summed E-state index contributed by atoms with van der Waals surface area (Å²) in [5.41, 5.74) is 1.09. The summed E-state index contributed by atoms with van der Waals surface area (Å²) >= 11 is 0. The Morgan fingerprint density at radius 1 is 0.500 bits per heavy atom. The van der Waals surface area contributed by atoms with Crippen LogP contribution >= 0.6 is 0 Å².